The van der Waals surface area contributed by atoms with Crippen LogP contribution in [0.15, 0.2) is 30.5 Å². The molecule has 0 spiro atoms. The number of ether oxygens (including phenoxy) is 1. The molecule has 4 rings (SSSR count). The standard InChI is InChI=1S/C27H30F5N5O3S/c1-14-34-21-20(22(40-4)24(28)29)19(13-33-25(21)41-14)35-18-7-5-16(6-8-18)23(27(30,31)32)36(3)26(39)17-9-11-37(12-10-17)15(2)38/h5-8,13,17,22-24,35H,9-12H2,1-4H3/t22-,23+/m1/s1. The second-order valence-electron chi connectivity index (χ2n) is 9.88. The predicted octanol–water partition coefficient (Wildman–Crippen LogP) is 6.02. The third-order valence-corrected chi connectivity index (χ3v) is 8.06. The molecule has 1 aromatic carbocycles. The molecule has 0 radical (unpaired) electrons. The third-order valence-electron chi connectivity index (χ3n) is 7.18. The number of piperidine rings is 1. The summed E-state index contributed by atoms with van der Waals surface area (Å²) in [6.45, 7) is 3.77. The van der Waals surface area contributed by atoms with Gasteiger partial charge in [-0.1, -0.05) is 23.5 Å². The Balaban J connectivity index is 1.59. The van der Waals surface area contributed by atoms with E-state index in [2.05, 4.69) is 15.3 Å². The van der Waals surface area contributed by atoms with Crippen LogP contribution < -0.4 is 5.32 Å². The molecule has 2 amide bonds. The topological polar surface area (TPSA) is 87.7 Å². The second-order valence-corrected chi connectivity index (χ2v) is 11.1. The summed E-state index contributed by atoms with van der Waals surface area (Å²) in [6.07, 6.45) is -7.30. The lowest BCUT2D eigenvalue weighted by Crippen LogP contribution is -2.46. The first-order chi connectivity index (χ1) is 19.3. The van der Waals surface area contributed by atoms with E-state index in [-0.39, 0.29) is 41.1 Å². The van der Waals surface area contributed by atoms with Crippen molar-refractivity contribution in [2.75, 3.05) is 32.6 Å². The Kier molecular flexibility index (Phi) is 9.12. The molecule has 14 heteroatoms. The number of thiazole rings is 1. The van der Waals surface area contributed by atoms with E-state index >= 15 is 0 Å². The van der Waals surface area contributed by atoms with Gasteiger partial charge in [0.15, 0.2) is 6.04 Å². The number of fused-ring (bicyclic) bond motifs is 1. The van der Waals surface area contributed by atoms with Gasteiger partial charge >= 0.3 is 6.18 Å². The van der Waals surface area contributed by atoms with Crippen molar-refractivity contribution in [1.82, 2.24) is 19.8 Å². The molecule has 2 aromatic heterocycles. The Labute approximate surface area is 237 Å². The quantitative estimate of drug-likeness (QED) is 0.319. The van der Waals surface area contributed by atoms with Crippen molar-refractivity contribution >= 4 is 44.9 Å². The zero-order valence-corrected chi connectivity index (χ0v) is 23.7. The summed E-state index contributed by atoms with van der Waals surface area (Å²) >= 11 is 1.24. The van der Waals surface area contributed by atoms with Crippen LogP contribution in [-0.4, -0.2) is 71.4 Å². The van der Waals surface area contributed by atoms with Gasteiger partial charge in [-0.25, -0.2) is 18.7 Å². The Hall–Kier alpha value is -3.39. The van der Waals surface area contributed by atoms with Gasteiger partial charge in [0.2, 0.25) is 11.8 Å². The van der Waals surface area contributed by atoms with E-state index in [9.17, 15) is 31.5 Å². The molecule has 3 heterocycles. The molecule has 8 nitrogen and oxygen atoms in total. The molecule has 0 aliphatic carbocycles. The lowest BCUT2D eigenvalue weighted by atomic mass is 9.94. The Morgan fingerprint density at radius 1 is 1.17 bits per heavy atom. The number of nitrogens with one attached hydrogen (secondary N) is 1. The van der Waals surface area contributed by atoms with Gasteiger partial charge in [-0.2, -0.15) is 13.2 Å². The van der Waals surface area contributed by atoms with Crippen LogP contribution in [0.3, 0.4) is 0 Å². The summed E-state index contributed by atoms with van der Waals surface area (Å²) in [5, 5.41) is 3.59. The van der Waals surface area contributed by atoms with Crippen molar-refractivity contribution in [1.29, 1.82) is 0 Å². The smallest absolute Gasteiger partial charge is 0.371 e. The van der Waals surface area contributed by atoms with Crippen molar-refractivity contribution in [2.24, 2.45) is 5.92 Å². The van der Waals surface area contributed by atoms with Gasteiger partial charge in [-0.05, 0) is 37.5 Å². The molecular formula is C27H30F5N5O3S. The molecule has 1 saturated heterocycles. The highest BCUT2D eigenvalue weighted by Gasteiger charge is 2.46. The van der Waals surface area contributed by atoms with Crippen LogP contribution >= 0.6 is 11.3 Å². The summed E-state index contributed by atoms with van der Waals surface area (Å²) in [7, 11) is 2.28. The number of benzene rings is 1. The minimum atomic E-state index is -4.76. The summed E-state index contributed by atoms with van der Waals surface area (Å²) in [4.78, 5) is 36.0. The van der Waals surface area contributed by atoms with E-state index in [0.29, 0.717) is 33.5 Å². The number of carbonyl (C=O) groups is 2. The van der Waals surface area contributed by atoms with Crippen LogP contribution in [-0.2, 0) is 14.3 Å². The van der Waals surface area contributed by atoms with Crippen molar-refractivity contribution in [3.8, 4) is 0 Å². The average molecular weight is 600 g/mol. The zero-order chi connectivity index (χ0) is 30.1. The maximum atomic E-state index is 14.2. The number of halogens is 5. The molecule has 3 aromatic rings. The number of carbonyl (C=O) groups excluding carboxylic acids is 2. The van der Waals surface area contributed by atoms with Crippen LogP contribution in [0, 0.1) is 12.8 Å². The fraction of sp³-hybridized carbons (Fsp3) is 0.481. The molecule has 0 saturated carbocycles. The average Bonchev–Trinajstić information content (AvgIpc) is 3.30. The highest BCUT2D eigenvalue weighted by atomic mass is 32.1. The number of likely N-dealkylation sites (tertiary alicyclic amines) is 1. The maximum Gasteiger partial charge on any atom is 0.413 e. The van der Waals surface area contributed by atoms with Crippen LogP contribution in [0.2, 0.25) is 0 Å². The number of nitrogens with zero attached hydrogens (tertiary/aromatic N) is 4. The van der Waals surface area contributed by atoms with Crippen molar-refractivity contribution in [2.45, 2.75) is 51.4 Å². The number of rotatable bonds is 8. The van der Waals surface area contributed by atoms with E-state index < -0.39 is 36.6 Å². The first kappa shape index (κ1) is 30.6. The number of hydrogen-bond donors (Lipinski definition) is 1. The number of amides is 2. The summed E-state index contributed by atoms with van der Waals surface area (Å²) < 4.78 is 75.5. The normalized spacial score (nSPS) is 16.2. The molecule has 0 bridgehead atoms. The minimum Gasteiger partial charge on any atom is -0.371 e. The van der Waals surface area contributed by atoms with Gasteiger partial charge in [0.1, 0.15) is 16.5 Å². The lowest BCUT2D eigenvalue weighted by Gasteiger charge is -2.36. The number of alkyl halides is 5. The number of hydrogen-bond acceptors (Lipinski definition) is 7. The molecule has 2 atom stereocenters. The molecule has 0 unspecified atom stereocenters. The van der Waals surface area contributed by atoms with Crippen molar-refractivity contribution in [3.05, 3.63) is 46.6 Å². The van der Waals surface area contributed by atoms with E-state index in [1.807, 2.05) is 0 Å². The van der Waals surface area contributed by atoms with Crippen LogP contribution in [0.4, 0.5) is 33.3 Å². The highest BCUT2D eigenvalue weighted by Crippen LogP contribution is 2.40. The van der Waals surface area contributed by atoms with Gasteiger partial charge in [-0.3, -0.25) is 9.59 Å². The van der Waals surface area contributed by atoms with Crippen molar-refractivity contribution < 1.29 is 36.3 Å². The molecule has 1 aliphatic rings. The first-order valence-corrected chi connectivity index (χ1v) is 13.7. The molecule has 222 valence electrons. The number of methoxy groups -OCH3 is 1. The number of pyridine rings is 1. The number of anilines is 2. The van der Waals surface area contributed by atoms with Gasteiger partial charge in [0, 0.05) is 51.3 Å². The Morgan fingerprint density at radius 3 is 2.34 bits per heavy atom. The van der Waals surface area contributed by atoms with E-state index in [1.54, 1.807) is 11.8 Å². The second kappa shape index (κ2) is 12.2. The monoisotopic (exact) mass is 599 g/mol. The van der Waals surface area contributed by atoms with Gasteiger partial charge < -0.3 is 19.9 Å². The largest absolute Gasteiger partial charge is 0.413 e. The summed E-state index contributed by atoms with van der Waals surface area (Å²) in [6, 6.07) is 3.03. The predicted molar refractivity (Wildman–Crippen MR) is 144 cm³/mol. The van der Waals surface area contributed by atoms with Crippen LogP contribution in [0.1, 0.15) is 48.0 Å². The van der Waals surface area contributed by atoms with Gasteiger partial charge in [0.25, 0.3) is 6.43 Å². The minimum absolute atomic E-state index is 0.0928. The van der Waals surface area contributed by atoms with E-state index in [1.165, 1.54) is 48.7 Å². The zero-order valence-electron chi connectivity index (χ0n) is 22.8. The van der Waals surface area contributed by atoms with Crippen molar-refractivity contribution in [3.63, 3.8) is 0 Å². The number of aryl methyl sites for hydroxylation is 1. The molecule has 1 aliphatic heterocycles. The number of aromatic nitrogens is 2. The van der Waals surface area contributed by atoms with Crippen LogP contribution in [0.25, 0.3) is 10.3 Å². The lowest BCUT2D eigenvalue weighted by molar-refractivity contribution is -0.191. The Morgan fingerprint density at radius 2 is 1.80 bits per heavy atom. The molecular weight excluding hydrogens is 569 g/mol. The van der Waals surface area contributed by atoms with E-state index in [0.717, 1.165) is 14.2 Å². The fourth-order valence-electron chi connectivity index (χ4n) is 5.13. The van der Waals surface area contributed by atoms with Crippen LogP contribution in [0.5, 0.6) is 0 Å². The van der Waals surface area contributed by atoms with Gasteiger partial charge in [0.05, 0.1) is 16.9 Å². The van der Waals surface area contributed by atoms with E-state index in [4.69, 9.17) is 4.74 Å². The summed E-state index contributed by atoms with van der Waals surface area (Å²) in [5.41, 5.74) is 0.687. The fourth-order valence-corrected chi connectivity index (χ4v) is 5.90. The first-order valence-electron chi connectivity index (χ1n) is 12.8. The van der Waals surface area contributed by atoms with Gasteiger partial charge in [-0.15, -0.1) is 0 Å². The maximum absolute atomic E-state index is 14.2. The molecule has 1 N–H and O–H groups in total. The molecule has 1 fully saturated rings. The Bertz CT molecular complexity index is 1390. The third kappa shape index (κ3) is 6.58. The summed E-state index contributed by atoms with van der Waals surface area (Å²) in [5.74, 6) is -1.40. The highest BCUT2D eigenvalue weighted by molar-refractivity contribution is 7.18. The molecule has 41 heavy (non-hydrogen) atoms. The SMILES string of the molecule is CO[C@H](c1c(Nc2ccc([C@H](N(C)C(=O)C3CCN(C(C)=O)CC3)C(F)(F)F)cc2)cnc2sc(C)nc12)C(F)F.